The van der Waals surface area contributed by atoms with E-state index in [0.717, 1.165) is 41.9 Å². The van der Waals surface area contributed by atoms with E-state index >= 15 is 0 Å². The topological polar surface area (TPSA) is 52.0 Å². The second-order valence-corrected chi connectivity index (χ2v) is 5.49. The molecule has 1 atom stereocenters. The van der Waals surface area contributed by atoms with E-state index in [1.165, 1.54) is 11.1 Å². The van der Waals surface area contributed by atoms with Gasteiger partial charge in [-0.05, 0) is 48.6 Å². The molecular weight excluding hydrogens is 248 g/mol. The predicted molar refractivity (Wildman–Crippen MR) is 79.6 cm³/mol. The molecule has 2 N–H and O–H groups in total. The fourth-order valence-corrected chi connectivity index (χ4v) is 3.05. The third kappa shape index (κ3) is 1.86. The number of anilines is 1. The Morgan fingerprint density at radius 1 is 1.10 bits per heavy atom. The summed E-state index contributed by atoms with van der Waals surface area (Å²) in [5, 5.41) is 0. The highest BCUT2D eigenvalue weighted by molar-refractivity contribution is 5.76. The van der Waals surface area contributed by atoms with Gasteiger partial charge in [-0.2, -0.15) is 0 Å². The standard InChI is InChI=1S/C17H16N2O/c18-14-7-8-16-15(10-14)19-17(20-16)13-6-5-11-3-1-2-4-12(11)9-13/h1-4,7-8,10,13H,5-6,9,18H2. The van der Waals surface area contributed by atoms with Gasteiger partial charge in [-0.15, -0.1) is 0 Å². The molecule has 0 bridgehead atoms. The molecule has 3 nitrogen and oxygen atoms in total. The molecule has 4 rings (SSSR count). The number of oxazole rings is 1. The van der Waals surface area contributed by atoms with Crippen molar-refractivity contribution in [3.05, 3.63) is 59.5 Å². The summed E-state index contributed by atoms with van der Waals surface area (Å²) in [5.41, 5.74) is 11.1. The maximum Gasteiger partial charge on any atom is 0.198 e. The van der Waals surface area contributed by atoms with Gasteiger partial charge in [0.05, 0.1) is 0 Å². The summed E-state index contributed by atoms with van der Waals surface area (Å²) < 4.78 is 5.91. The van der Waals surface area contributed by atoms with E-state index in [1.54, 1.807) is 0 Å². The number of fused-ring (bicyclic) bond motifs is 2. The molecule has 1 aromatic heterocycles. The number of nitrogen functional groups attached to an aromatic ring is 1. The molecule has 0 fully saturated rings. The van der Waals surface area contributed by atoms with E-state index in [0.29, 0.717) is 5.92 Å². The monoisotopic (exact) mass is 264 g/mol. The van der Waals surface area contributed by atoms with Crippen molar-refractivity contribution in [2.45, 2.75) is 25.2 Å². The molecule has 20 heavy (non-hydrogen) atoms. The zero-order valence-corrected chi connectivity index (χ0v) is 11.2. The summed E-state index contributed by atoms with van der Waals surface area (Å²) in [5.74, 6) is 1.22. The van der Waals surface area contributed by atoms with E-state index in [4.69, 9.17) is 10.2 Å². The third-order valence-corrected chi connectivity index (χ3v) is 4.12. The maximum atomic E-state index is 5.91. The van der Waals surface area contributed by atoms with Crippen LogP contribution in [-0.2, 0) is 12.8 Å². The van der Waals surface area contributed by atoms with Crippen molar-refractivity contribution >= 4 is 16.8 Å². The van der Waals surface area contributed by atoms with Crippen LogP contribution in [0.25, 0.3) is 11.1 Å². The highest BCUT2D eigenvalue weighted by Crippen LogP contribution is 2.33. The Morgan fingerprint density at radius 2 is 1.95 bits per heavy atom. The SMILES string of the molecule is Nc1ccc2oc(C3CCc4ccccc4C3)nc2c1. The summed E-state index contributed by atoms with van der Waals surface area (Å²) in [6.45, 7) is 0. The fourth-order valence-electron chi connectivity index (χ4n) is 3.05. The van der Waals surface area contributed by atoms with Gasteiger partial charge >= 0.3 is 0 Å². The molecule has 0 radical (unpaired) electrons. The Bertz CT molecular complexity index is 776. The summed E-state index contributed by atoms with van der Waals surface area (Å²) in [4.78, 5) is 4.62. The minimum atomic E-state index is 0.374. The number of aromatic nitrogens is 1. The zero-order chi connectivity index (χ0) is 13.5. The van der Waals surface area contributed by atoms with Gasteiger partial charge in [0.2, 0.25) is 0 Å². The van der Waals surface area contributed by atoms with Gasteiger partial charge in [-0.25, -0.2) is 4.98 Å². The lowest BCUT2D eigenvalue weighted by Crippen LogP contribution is -2.12. The van der Waals surface area contributed by atoms with Crippen molar-refractivity contribution < 1.29 is 4.42 Å². The van der Waals surface area contributed by atoms with Crippen molar-refractivity contribution in [2.75, 3.05) is 5.73 Å². The summed E-state index contributed by atoms with van der Waals surface area (Å²) >= 11 is 0. The van der Waals surface area contributed by atoms with E-state index in [2.05, 4.69) is 29.2 Å². The lowest BCUT2D eigenvalue weighted by atomic mass is 9.84. The normalized spacial score (nSPS) is 18.1. The van der Waals surface area contributed by atoms with Crippen molar-refractivity contribution in [1.29, 1.82) is 0 Å². The Labute approximate surface area is 117 Å². The van der Waals surface area contributed by atoms with Crippen molar-refractivity contribution in [3.8, 4) is 0 Å². The first-order valence-electron chi connectivity index (χ1n) is 7.02. The molecule has 2 aromatic carbocycles. The zero-order valence-electron chi connectivity index (χ0n) is 11.2. The Hall–Kier alpha value is -2.29. The van der Waals surface area contributed by atoms with Crippen LogP contribution < -0.4 is 5.73 Å². The van der Waals surface area contributed by atoms with Crippen LogP contribution in [0.1, 0.15) is 29.4 Å². The molecule has 1 heterocycles. The minimum absolute atomic E-state index is 0.374. The van der Waals surface area contributed by atoms with Gasteiger partial charge in [0.25, 0.3) is 0 Å². The first-order chi connectivity index (χ1) is 9.79. The first kappa shape index (κ1) is 11.5. The second-order valence-electron chi connectivity index (χ2n) is 5.49. The van der Waals surface area contributed by atoms with Gasteiger partial charge < -0.3 is 10.2 Å². The molecule has 1 unspecified atom stereocenters. The van der Waals surface area contributed by atoms with Crippen LogP contribution in [0.4, 0.5) is 5.69 Å². The molecule has 0 amide bonds. The first-order valence-corrected chi connectivity index (χ1v) is 7.02. The number of rotatable bonds is 1. The van der Waals surface area contributed by atoms with Crippen LogP contribution in [0.2, 0.25) is 0 Å². The van der Waals surface area contributed by atoms with E-state index in [9.17, 15) is 0 Å². The fraction of sp³-hybridized carbons (Fsp3) is 0.235. The minimum Gasteiger partial charge on any atom is -0.440 e. The van der Waals surface area contributed by atoms with Crippen LogP contribution in [0.15, 0.2) is 46.9 Å². The average molecular weight is 264 g/mol. The number of hydrogen-bond donors (Lipinski definition) is 1. The molecule has 3 aromatic rings. The van der Waals surface area contributed by atoms with Gasteiger partial charge in [0.15, 0.2) is 11.5 Å². The summed E-state index contributed by atoms with van der Waals surface area (Å²) in [7, 11) is 0. The molecule has 0 saturated heterocycles. The molecule has 0 spiro atoms. The van der Waals surface area contributed by atoms with Crippen LogP contribution >= 0.6 is 0 Å². The third-order valence-electron chi connectivity index (χ3n) is 4.12. The molecule has 0 saturated carbocycles. The van der Waals surface area contributed by atoms with Crippen LogP contribution in [0.3, 0.4) is 0 Å². The largest absolute Gasteiger partial charge is 0.440 e. The molecule has 0 aliphatic heterocycles. The van der Waals surface area contributed by atoms with Crippen LogP contribution in [0, 0.1) is 0 Å². The molecule has 1 aliphatic carbocycles. The molecule has 3 heteroatoms. The van der Waals surface area contributed by atoms with Gasteiger partial charge in [0, 0.05) is 11.6 Å². The Balaban J connectivity index is 1.70. The molecule has 1 aliphatic rings. The maximum absolute atomic E-state index is 5.91. The predicted octanol–water partition coefficient (Wildman–Crippen LogP) is 3.68. The number of aryl methyl sites for hydroxylation is 1. The lowest BCUT2D eigenvalue weighted by molar-refractivity contribution is 0.438. The Morgan fingerprint density at radius 3 is 2.85 bits per heavy atom. The second kappa shape index (κ2) is 4.37. The average Bonchev–Trinajstić information content (AvgIpc) is 2.89. The van der Waals surface area contributed by atoms with Crippen molar-refractivity contribution in [3.63, 3.8) is 0 Å². The number of hydrogen-bond acceptors (Lipinski definition) is 3. The lowest BCUT2D eigenvalue weighted by Gasteiger charge is -2.21. The van der Waals surface area contributed by atoms with Crippen molar-refractivity contribution in [1.82, 2.24) is 4.98 Å². The van der Waals surface area contributed by atoms with E-state index in [-0.39, 0.29) is 0 Å². The molecule has 100 valence electrons. The van der Waals surface area contributed by atoms with Crippen molar-refractivity contribution in [2.24, 2.45) is 0 Å². The Kier molecular flexibility index (Phi) is 2.52. The number of nitrogens with two attached hydrogens (primary N) is 1. The quantitative estimate of drug-likeness (QED) is 0.682. The summed E-state index contributed by atoms with van der Waals surface area (Å²) in [6.07, 6.45) is 3.21. The van der Waals surface area contributed by atoms with E-state index < -0.39 is 0 Å². The van der Waals surface area contributed by atoms with Crippen LogP contribution in [-0.4, -0.2) is 4.98 Å². The van der Waals surface area contributed by atoms with Gasteiger partial charge in [0.1, 0.15) is 5.52 Å². The smallest absolute Gasteiger partial charge is 0.198 e. The van der Waals surface area contributed by atoms with Crippen LogP contribution in [0.5, 0.6) is 0 Å². The van der Waals surface area contributed by atoms with Gasteiger partial charge in [-0.1, -0.05) is 24.3 Å². The highest BCUT2D eigenvalue weighted by Gasteiger charge is 2.24. The number of benzene rings is 2. The summed E-state index contributed by atoms with van der Waals surface area (Å²) in [6, 6.07) is 14.3. The van der Waals surface area contributed by atoms with E-state index in [1.807, 2.05) is 18.2 Å². The highest BCUT2D eigenvalue weighted by atomic mass is 16.3. The number of nitrogens with zero attached hydrogens (tertiary/aromatic N) is 1. The van der Waals surface area contributed by atoms with Gasteiger partial charge in [-0.3, -0.25) is 0 Å². The molecular formula is C17H16N2O.